The summed E-state index contributed by atoms with van der Waals surface area (Å²) in [5.74, 6) is -0.970. The minimum absolute atomic E-state index is 0.239. The van der Waals surface area contributed by atoms with Gasteiger partial charge in [-0.15, -0.1) is 0 Å². The van der Waals surface area contributed by atoms with Gasteiger partial charge in [0.25, 0.3) is 0 Å². The van der Waals surface area contributed by atoms with Gasteiger partial charge in [-0.2, -0.15) is 0 Å². The van der Waals surface area contributed by atoms with Crippen LogP contribution in [0.4, 0.5) is 0 Å². The highest BCUT2D eigenvalue weighted by Crippen LogP contribution is 2.20. The quantitative estimate of drug-likeness (QED) is 0.221. The largest absolute Gasteiger partial charge is 0.393 e. The van der Waals surface area contributed by atoms with Gasteiger partial charge in [0.05, 0.1) is 12.3 Å². The van der Waals surface area contributed by atoms with Crippen molar-refractivity contribution in [3.63, 3.8) is 0 Å². The first kappa shape index (κ1) is 17.9. The molecule has 0 aliphatic carbocycles. The summed E-state index contributed by atoms with van der Waals surface area (Å²) in [5.41, 5.74) is 0. The molecule has 0 saturated carbocycles. The molecule has 1 atom stereocenters. The Morgan fingerprint density at radius 1 is 0.952 bits per heavy atom. The second-order valence-corrected chi connectivity index (χ2v) is 6.02. The van der Waals surface area contributed by atoms with Gasteiger partial charge in [-0.05, 0) is 19.3 Å². The van der Waals surface area contributed by atoms with E-state index in [-0.39, 0.29) is 24.3 Å². The number of hydrogen-bond acceptors (Lipinski definition) is 3. The van der Waals surface area contributed by atoms with E-state index in [0.717, 1.165) is 6.42 Å². The van der Waals surface area contributed by atoms with Gasteiger partial charge >= 0.3 is 11.9 Å². The molecule has 1 aliphatic heterocycles. The van der Waals surface area contributed by atoms with Gasteiger partial charge in [0, 0.05) is 0 Å². The molecular weight excluding hydrogens is 264 g/mol. The van der Waals surface area contributed by atoms with Gasteiger partial charge in [-0.1, -0.05) is 70.4 Å². The Hall–Kier alpha value is -1.12. The highest BCUT2D eigenvalue weighted by atomic mass is 16.6. The first-order chi connectivity index (χ1) is 10.2. The molecule has 1 saturated heterocycles. The normalized spacial score (nSPS) is 18.6. The zero-order valence-corrected chi connectivity index (χ0v) is 13.4. The molecule has 1 fully saturated rings. The molecule has 0 spiro atoms. The summed E-state index contributed by atoms with van der Waals surface area (Å²) in [7, 11) is 0. The molecule has 1 heterocycles. The van der Waals surface area contributed by atoms with E-state index < -0.39 is 0 Å². The first-order valence-corrected chi connectivity index (χ1v) is 8.63. The Balaban J connectivity index is 1.87. The zero-order valence-electron chi connectivity index (χ0n) is 13.4. The highest BCUT2D eigenvalue weighted by molar-refractivity contribution is 5.94. The molecule has 1 aliphatic rings. The summed E-state index contributed by atoms with van der Waals surface area (Å²) < 4.78 is 4.52. The number of carbonyl (C=O) groups excluding carboxylic acids is 2. The van der Waals surface area contributed by atoms with Crippen LogP contribution in [0.1, 0.15) is 84.0 Å². The van der Waals surface area contributed by atoms with E-state index in [9.17, 15) is 9.59 Å². The molecule has 1 rings (SSSR count). The van der Waals surface area contributed by atoms with Crippen LogP contribution in [0.5, 0.6) is 0 Å². The van der Waals surface area contributed by atoms with Crippen molar-refractivity contribution in [2.75, 3.05) is 0 Å². The Morgan fingerprint density at radius 2 is 1.57 bits per heavy atom. The summed E-state index contributed by atoms with van der Waals surface area (Å²) in [6.45, 7) is 2.25. The molecule has 0 aromatic heterocycles. The number of ether oxygens (including phenoxy) is 1. The Morgan fingerprint density at radius 3 is 2.14 bits per heavy atom. The molecule has 0 N–H and O–H groups in total. The summed E-state index contributed by atoms with van der Waals surface area (Å²) in [5, 5.41) is 0. The van der Waals surface area contributed by atoms with Crippen LogP contribution in [0, 0.1) is 5.92 Å². The maximum absolute atomic E-state index is 11.2. The molecule has 0 amide bonds. The zero-order chi connectivity index (χ0) is 15.3. The minimum atomic E-state index is -0.377. The third-order valence-electron chi connectivity index (χ3n) is 4.02. The third-order valence-corrected chi connectivity index (χ3v) is 4.02. The van der Waals surface area contributed by atoms with Crippen LogP contribution in [-0.2, 0) is 14.3 Å². The lowest BCUT2D eigenvalue weighted by atomic mass is 10.0. The number of allylic oxidation sites excluding steroid dienone is 2. The van der Waals surface area contributed by atoms with Gasteiger partial charge in [-0.3, -0.25) is 9.59 Å². The van der Waals surface area contributed by atoms with Crippen molar-refractivity contribution in [2.24, 2.45) is 5.92 Å². The van der Waals surface area contributed by atoms with Crippen molar-refractivity contribution in [3.8, 4) is 0 Å². The fraction of sp³-hybridized carbons (Fsp3) is 0.778. The molecule has 120 valence electrons. The average molecular weight is 294 g/mol. The summed E-state index contributed by atoms with van der Waals surface area (Å²) in [4.78, 5) is 22.2. The number of cyclic esters (lactones) is 2. The lowest BCUT2D eigenvalue weighted by Gasteiger charge is -2.01. The van der Waals surface area contributed by atoms with E-state index in [4.69, 9.17) is 0 Å². The third kappa shape index (κ3) is 8.69. The summed E-state index contributed by atoms with van der Waals surface area (Å²) in [6.07, 6.45) is 18.2. The molecule has 0 aromatic rings. The number of unbranched alkanes of at least 4 members (excludes halogenated alkanes) is 9. The van der Waals surface area contributed by atoms with Crippen LogP contribution in [0.15, 0.2) is 12.2 Å². The lowest BCUT2D eigenvalue weighted by Crippen LogP contribution is -2.05. The molecule has 0 radical (unpaired) electrons. The van der Waals surface area contributed by atoms with Crippen LogP contribution in [0.3, 0.4) is 0 Å². The highest BCUT2D eigenvalue weighted by Gasteiger charge is 2.31. The van der Waals surface area contributed by atoms with Gasteiger partial charge < -0.3 is 4.74 Å². The van der Waals surface area contributed by atoms with E-state index in [1.165, 1.54) is 57.8 Å². The predicted molar refractivity (Wildman–Crippen MR) is 84.8 cm³/mol. The fourth-order valence-corrected chi connectivity index (χ4v) is 2.65. The maximum atomic E-state index is 11.2. The number of esters is 2. The molecule has 1 unspecified atom stereocenters. The topological polar surface area (TPSA) is 43.4 Å². The van der Waals surface area contributed by atoms with Gasteiger partial charge in [0.15, 0.2) is 0 Å². The van der Waals surface area contributed by atoms with Crippen LogP contribution < -0.4 is 0 Å². The first-order valence-electron chi connectivity index (χ1n) is 8.63. The minimum Gasteiger partial charge on any atom is -0.393 e. The SMILES string of the molecule is CCCCCCCCCCC/C=C/CC1CC(=O)OC1=O. The summed E-state index contributed by atoms with van der Waals surface area (Å²) >= 11 is 0. The van der Waals surface area contributed by atoms with E-state index in [1.54, 1.807) is 0 Å². The van der Waals surface area contributed by atoms with Crippen molar-refractivity contribution in [1.29, 1.82) is 0 Å². The van der Waals surface area contributed by atoms with Crippen LogP contribution in [0.2, 0.25) is 0 Å². The smallest absolute Gasteiger partial charge is 0.317 e. The van der Waals surface area contributed by atoms with E-state index in [2.05, 4.69) is 17.7 Å². The van der Waals surface area contributed by atoms with E-state index >= 15 is 0 Å². The van der Waals surface area contributed by atoms with Crippen molar-refractivity contribution in [2.45, 2.75) is 84.0 Å². The van der Waals surface area contributed by atoms with Gasteiger partial charge in [-0.25, -0.2) is 0 Å². The van der Waals surface area contributed by atoms with Crippen LogP contribution in [0.25, 0.3) is 0 Å². The van der Waals surface area contributed by atoms with Gasteiger partial charge in [0.1, 0.15) is 0 Å². The maximum Gasteiger partial charge on any atom is 0.317 e. The van der Waals surface area contributed by atoms with Gasteiger partial charge in [0.2, 0.25) is 0 Å². The van der Waals surface area contributed by atoms with Crippen molar-refractivity contribution in [1.82, 2.24) is 0 Å². The molecule has 3 heteroatoms. The second kappa shape index (κ2) is 11.5. The lowest BCUT2D eigenvalue weighted by molar-refractivity contribution is -0.153. The number of rotatable bonds is 12. The summed E-state index contributed by atoms with van der Waals surface area (Å²) in [6, 6.07) is 0. The standard InChI is InChI=1S/C18H30O3/c1-2-3-4-5-6-7-8-9-10-11-12-13-14-16-15-17(19)21-18(16)20/h12-13,16H,2-11,14-15H2,1H3/b13-12+. The molecule has 0 aromatic carbocycles. The van der Waals surface area contributed by atoms with E-state index in [1.807, 2.05) is 6.08 Å². The number of hydrogen-bond donors (Lipinski definition) is 0. The Kier molecular flexibility index (Phi) is 9.84. The van der Waals surface area contributed by atoms with Crippen molar-refractivity contribution >= 4 is 11.9 Å². The fourth-order valence-electron chi connectivity index (χ4n) is 2.65. The molecule has 21 heavy (non-hydrogen) atoms. The Bertz CT molecular complexity index is 333. The Labute approximate surface area is 129 Å². The average Bonchev–Trinajstić information content (AvgIpc) is 2.78. The second-order valence-electron chi connectivity index (χ2n) is 6.02. The van der Waals surface area contributed by atoms with Crippen molar-refractivity contribution in [3.05, 3.63) is 12.2 Å². The van der Waals surface area contributed by atoms with Crippen LogP contribution in [-0.4, -0.2) is 11.9 Å². The monoisotopic (exact) mass is 294 g/mol. The van der Waals surface area contributed by atoms with Crippen LogP contribution >= 0.6 is 0 Å². The van der Waals surface area contributed by atoms with E-state index in [0.29, 0.717) is 6.42 Å². The predicted octanol–water partition coefficient (Wildman–Crippen LogP) is 4.94. The van der Waals surface area contributed by atoms with Crippen molar-refractivity contribution < 1.29 is 14.3 Å². The molecule has 3 nitrogen and oxygen atoms in total. The molecular formula is C18H30O3. The number of carbonyl (C=O) groups is 2. The molecule has 0 bridgehead atoms.